The molecular formula is C16H19N3O. The van der Waals surface area contributed by atoms with Gasteiger partial charge < -0.3 is 10.2 Å². The average molecular weight is 269 g/mol. The standard InChI is InChI=1S/C16H19N3O/c1-12(13-8-10-18-11-9-13)19(3)16(20)14-6-4-5-7-15(14)17-2/h4-12,17H,1-3H3. The number of benzene rings is 1. The number of aromatic nitrogens is 1. The van der Waals surface area contributed by atoms with Crippen molar-refractivity contribution in [3.8, 4) is 0 Å². The fourth-order valence-electron chi connectivity index (χ4n) is 2.12. The van der Waals surface area contributed by atoms with E-state index in [4.69, 9.17) is 0 Å². The van der Waals surface area contributed by atoms with Crippen LogP contribution in [0, 0.1) is 0 Å². The van der Waals surface area contributed by atoms with E-state index in [2.05, 4.69) is 10.3 Å². The molecule has 0 radical (unpaired) electrons. The number of pyridine rings is 1. The number of hydrogen-bond acceptors (Lipinski definition) is 3. The van der Waals surface area contributed by atoms with Crippen LogP contribution >= 0.6 is 0 Å². The van der Waals surface area contributed by atoms with E-state index in [0.29, 0.717) is 5.56 Å². The van der Waals surface area contributed by atoms with Gasteiger partial charge in [-0.1, -0.05) is 12.1 Å². The van der Waals surface area contributed by atoms with Crippen LogP contribution in [-0.2, 0) is 0 Å². The fourth-order valence-corrected chi connectivity index (χ4v) is 2.12. The highest BCUT2D eigenvalue weighted by Gasteiger charge is 2.20. The SMILES string of the molecule is CNc1ccccc1C(=O)N(C)C(C)c1ccncc1. The Balaban J connectivity index is 2.24. The quantitative estimate of drug-likeness (QED) is 0.928. The molecule has 0 aliphatic carbocycles. The topological polar surface area (TPSA) is 45.2 Å². The minimum Gasteiger partial charge on any atom is -0.387 e. The number of nitrogens with zero attached hydrogens (tertiary/aromatic N) is 2. The molecule has 1 unspecified atom stereocenters. The molecular weight excluding hydrogens is 250 g/mol. The molecule has 2 aromatic rings. The molecule has 104 valence electrons. The van der Waals surface area contributed by atoms with Crippen molar-refractivity contribution in [1.29, 1.82) is 0 Å². The monoisotopic (exact) mass is 269 g/mol. The highest BCUT2D eigenvalue weighted by atomic mass is 16.2. The van der Waals surface area contributed by atoms with Crippen molar-refractivity contribution < 1.29 is 4.79 Å². The summed E-state index contributed by atoms with van der Waals surface area (Å²) in [7, 11) is 3.64. The van der Waals surface area contributed by atoms with E-state index in [1.807, 2.05) is 57.4 Å². The lowest BCUT2D eigenvalue weighted by Gasteiger charge is -2.26. The van der Waals surface area contributed by atoms with Gasteiger partial charge in [-0.25, -0.2) is 0 Å². The summed E-state index contributed by atoms with van der Waals surface area (Å²) in [5.41, 5.74) is 2.59. The maximum atomic E-state index is 12.6. The average Bonchev–Trinajstić information content (AvgIpc) is 2.53. The van der Waals surface area contributed by atoms with Crippen LogP contribution in [-0.4, -0.2) is 29.9 Å². The smallest absolute Gasteiger partial charge is 0.256 e. The minimum absolute atomic E-state index is 0.000683. The third kappa shape index (κ3) is 2.79. The highest BCUT2D eigenvalue weighted by molar-refractivity contribution is 5.99. The van der Waals surface area contributed by atoms with Gasteiger partial charge in [0.15, 0.2) is 0 Å². The van der Waals surface area contributed by atoms with Crippen molar-refractivity contribution in [3.63, 3.8) is 0 Å². The van der Waals surface area contributed by atoms with Crippen LogP contribution in [0.25, 0.3) is 0 Å². The van der Waals surface area contributed by atoms with Gasteiger partial charge in [-0.05, 0) is 36.8 Å². The lowest BCUT2D eigenvalue weighted by molar-refractivity contribution is 0.0743. The zero-order valence-electron chi connectivity index (χ0n) is 12.0. The first-order valence-electron chi connectivity index (χ1n) is 6.59. The molecule has 1 heterocycles. The van der Waals surface area contributed by atoms with Gasteiger partial charge in [0, 0.05) is 32.2 Å². The summed E-state index contributed by atoms with van der Waals surface area (Å²) < 4.78 is 0. The van der Waals surface area contributed by atoms with E-state index in [0.717, 1.165) is 11.3 Å². The largest absolute Gasteiger partial charge is 0.387 e. The molecule has 1 aromatic heterocycles. The van der Waals surface area contributed by atoms with Gasteiger partial charge in [0.1, 0.15) is 0 Å². The molecule has 1 amide bonds. The van der Waals surface area contributed by atoms with E-state index >= 15 is 0 Å². The molecule has 4 heteroatoms. The zero-order chi connectivity index (χ0) is 14.5. The van der Waals surface area contributed by atoms with Crippen molar-refractivity contribution in [2.75, 3.05) is 19.4 Å². The number of para-hydroxylation sites is 1. The summed E-state index contributed by atoms with van der Waals surface area (Å²) >= 11 is 0. The number of hydrogen-bond donors (Lipinski definition) is 1. The van der Waals surface area contributed by atoms with Crippen LogP contribution in [0.2, 0.25) is 0 Å². The predicted molar refractivity (Wildman–Crippen MR) is 80.7 cm³/mol. The molecule has 0 aliphatic rings. The maximum absolute atomic E-state index is 12.6. The van der Waals surface area contributed by atoms with Crippen molar-refractivity contribution in [2.45, 2.75) is 13.0 Å². The normalized spacial score (nSPS) is 11.8. The molecule has 0 bridgehead atoms. The Morgan fingerprint density at radius 3 is 2.50 bits per heavy atom. The molecule has 0 spiro atoms. The molecule has 0 aliphatic heterocycles. The van der Waals surface area contributed by atoms with Gasteiger partial charge in [0.05, 0.1) is 11.6 Å². The Labute approximate surface area is 119 Å². The summed E-state index contributed by atoms with van der Waals surface area (Å²) in [6.07, 6.45) is 3.48. The van der Waals surface area contributed by atoms with E-state index in [1.54, 1.807) is 17.3 Å². The summed E-state index contributed by atoms with van der Waals surface area (Å²) in [6, 6.07) is 11.4. The van der Waals surface area contributed by atoms with Crippen molar-refractivity contribution >= 4 is 11.6 Å². The number of carbonyl (C=O) groups excluding carboxylic acids is 1. The minimum atomic E-state index is -0.00425. The Morgan fingerprint density at radius 1 is 1.20 bits per heavy atom. The van der Waals surface area contributed by atoms with Crippen LogP contribution in [0.5, 0.6) is 0 Å². The maximum Gasteiger partial charge on any atom is 0.256 e. The third-order valence-corrected chi connectivity index (χ3v) is 3.52. The highest BCUT2D eigenvalue weighted by Crippen LogP contribution is 2.23. The second-order valence-corrected chi connectivity index (χ2v) is 4.67. The van der Waals surface area contributed by atoms with Crippen LogP contribution in [0.15, 0.2) is 48.8 Å². The molecule has 0 saturated carbocycles. The van der Waals surface area contributed by atoms with Crippen molar-refractivity contribution in [2.24, 2.45) is 0 Å². The van der Waals surface area contributed by atoms with Gasteiger partial charge in [-0.15, -0.1) is 0 Å². The van der Waals surface area contributed by atoms with E-state index in [1.165, 1.54) is 0 Å². The number of carbonyl (C=O) groups is 1. The van der Waals surface area contributed by atoms with Gasteiger partial charge in [0.2, 0.25) is 0 Å². The van der Waals surface area contributed by atoms with Crippen LogP contribution in [0.3, 0.4) is 0 Å². The predicted octanol–water partition coefficient (Wildman–Crippen LogP) is 2.96. The number of amides is 1. The van der Waals surface area contributed by atoms with Crippen molar-refractivity contribution in [1.82, 2.24) is 9.88 Å². The Kier molecular flexibility index (Phi) is 4.35. The number of nitrogens with one attached hydrogen (secondary N) is 1. The summed E-state index contributed by atoms with van der Waals surface area (Å²) in [6.45, 7) is 2.01. The number of anilines is 1. The molecule has 1 N–H and O–H groups in total. The zero-order valence-corrected chi connectivity index (χ0v) is 12.0. The van der Waals surface area contributed by atoms with Crippen LogP contribution in [0.1, 0.15) is 28.9 Å². The van der Waals surface area contributed by atoms with E-state index in [-0.39, 0.29) is 11.9 Å². The van der Waals surface area contributed by atoms with E-state index < -0.39 is 0 Å². The van der Waals surface area contributed by atoms with Gasteiger partial charge in [-0.2, -0.15) is 0 Å². The molecule has 20 heavy (non-hydrogen) atoms. The van der Waals surface area contributed by atoms with Gasteiger partial charge in [-0.3, -0.25) is 9.78 Å². The van der Waals surface area contributed by atoms with Gasteiger partial charge in [0.25, 0.3) is 5.91 Å². The lowest BCUT2D eigenvalue weighted by atomic mass is 10.1. The molecule has 0 fully saturated rings. The molecule has 1 atom stereocenters. The second-order valence-electron chi connectivity index (χ2n) is 4.67. The Hall–Kier alpha value is -2.36. The first-order valence-corrected chi connectivity index (χ1v) is 6.59. The first-order chi connectivity index (χ1) is 9.65. The Bertz CT molecular complexity index is 583. The van der Waals surface area contributed by atoms with Gasteiger partial charge >= 0.3 is 0 Å². The van der Waals surface area contributed by atoms with Crippen LogP contribution in [0.4, 0.5) is 5.69 Å². The van der Waals surface area contributed by atoms with Crippen LogP contribution < -0.4 is 5.32 Å². The summed E-state index contributed by atoms with van der Waals surface area (Å²) in [4.78, 5) is 18.4. The molecule has 0 saturated heterocycles. The molecule has 1 aromatic carbocycles. The Morgan fingerprint density at radius 2 is 1.85 bits per heavy atom. The molecule has 4 nitrogen and oxygen atoms in total. The third-order valence-electron chi connectivity index (χ3n) is 3.52. The summed E-state index contributed by atoms with van der Waals surface area (Å²) in [5.74, 6) is -0.000683. The first kappa shape index (κ1) is 14.1. The molecule has 2 rings (SSSR count). The lowest BCUT2D eigenvalue weighted by Crippen LogP contribution is -2.30. The number of rotatable bonds is 4. The fraction of sp³-hybridized carbons (Fsp3) is 0.250. The second kappa shape index (κ2) is 6.19. The van der Waals surface area contributed by atoms with E-state index in [9.17, 15) is 4.79 Å². The van der Waals surface area contributed by atoms with Crippen molar-refractivity contribution in [3.05, 3.63) is 59.9 Å². The summed E-state index contributed by atoms with van der Waals surface area (Å²) in [5, 5.41) is 3.05.